The van der Waals surface area contributed by atoms with E-state index in [1.807, 2.05) is 48.2 Å². The number of amides is 2. The minimum atomic E-state index is -0.130. The molecular weight excluding hydrogens is 380 g/mol. The molecule has 5 heteroatoms. The van der Waals surface area contributed by atoms with Crippen molar-refractivity contribution in [1.29, 1.82) is 0 Å². The number of aryl methyl sites for hydroxylation is 1. The number of rotatable bonds is 5. The highest BCUT2D eigenvalue weighted by atomic mass is 32.1. The fourth-order valence-electron chi connectivity index (χ4n) is 3.93. The summed E-state index contributed by atoms with van der Waals surface area (Å²) in [7, 11) is 0. The molecule has 3 aromatic rings. The van der Waals surface area contributed by atoms with E-state index in [1.165, 1.54) is 10.4 Å². The quantitative estimate of drug-likeness (QED) is 0.687. The van der Waals surface area contributed by atoms with E-state index in [2.05, 4.69) is 28.9 Å². The lowest BCUT2D eigenvalue weighted by atomic mass is 9.93. The minimum absolute atomic E-state index is 0.0502. The zero-order valence-corrected chi connectivity index (χ0v) is 17.2. The van der Waals surface area contributed by atoms with Crippen LogP contribution in [0.3, 0.4) is 0 Å². The Morgan fingerprint density at radius 3 is 2.62 bits per heavy atom. The van der Waals surface area contributed by atoms with Gasteiger partial charge in [0.1, 0.15) is 0 Å². The van der Waals surface area contributed by atoms with Crippen LogP contribution in [-0.2, 0) is 11.2 Å². The first-order valence-corrected chi connectivity index (χ1v) is 10.8. The number of nitrogens with one attached hydrogen (secondary N) is 1. The monoisotopic (exact) mass is 404 g/mol. The maximum atomic E-state index is 13.1. The van der Waals surface area contributed by atoms with Gasteiger partial charge in [-0.1, -0.05) is 48.5 Å². The average molecular weight is 405 g/mol. The molecule has 1 aliphatic heterocycles. The van der Waals surface area contributed by atoms with Crippen LogP contribution in [0.1, 0.15) is 44.4 Å². The summed E-state index contributed by atoms with van der Waals surface area (Å²) in [5.41, 5.74) is 3.94. The van der Waals surface area contributed by atoms with Crippen LogP contribution in [0.2, 0.25) is 0 Å². The predicted octanol–water partition coefficient (Wildman–Crippen LogP) is 4.35. The van der Waals surface area contributed by atoms with E-state index >= 15 is 0 Å². The van der Waals surface area contributed by atoms with Crippen molar-refractivity contribution in [1.82, 2.24) is 10.2 Å². The van der Waals surface area contributed by atoms with Crippen LogP contribution in [0.4, 0.5) is 0 Å². The van der Waals surface area contributed by atoms with Crippen molar-refractivity contribution < 1.29 is 9.59 Å². The van der Waals surface area contributed by atoms with E-state index in [0.29, 0.717) is 25.1 Å². The number of hydrogen-bond acceptors (Lipinski definition) is 3. The summed E-state index contributed by atoms with van der Waals surface area (Å²) in [4.78, 5) is 28.8. The van der Waals surface area contributed by atoms with Gasteiger partial charge in [0.05, 0.1) is 6.04 Å². The van der Waals surface area contributed by atoms with Crippen LogP contribution >= 0.6 is 11.3 Å². The topological polar surface area (TPSA) is 49.4 Å². The molecule has 2 heterocycles. The molecule has 0 saturated heterocycles. The lowest BCUT2D eigenvalue weighted by molar-refractivity contribution is -0.133. The van der Waals surface area contributed by atoms with Crippen molar-refractivity contribution in [2.24, 2.45) is 0 Å². The maximum absolute atomic E-state index is 13.1. The summed E-state index contributed by atoms with van der Waals surface area (Å²) in [5.74, 6) is -0.0601. The molecule has 0 saturated carbocycles. The molecule has 4 rings (SSSR count). The van der Waals surface area contributed by atoms with Gasteiger partial charge in [-0.2, -0.15) is 0 Å². The third-order valence-electron chi connectivity index (χ3n) is 5.42. The number of fused-ring (bicyclic) bond motifs is 1. The summed E-state index contributed by atoms with van der Waals surface area (Å²) in [5, 5.41) is 5.00. The molecule has 1 N–H and O–H groups in total. The first kappa shape index (κ1) is 19.4. The summed E-state index contributed by atoms with van der Waals surface area (Å²) in [6.45, 7) is 2.95. The molecular formula is C24H24N2O2S. The van der Waals surface area contributed by atoms with Crippen LogP contribution in [0, 0.1) is 6.92 Å². The molecule has 0 fully saturated rings. The van der Waals surface area contributed by atoms with Gasteiger partial charge in [0.25, 0.3) is 5.91 Å². The van der Waals surface area contributed by atoms with E-state index in [9.17, 15) is 9.59 Å². The van der Waals surface area contributed by atoms with Gasteiger partial charge in [-0.3, -0.25) is 9.59 Å². The molecule has 0 radical (unpaired) electrons. The highest BCUT2D eigenvalue weighted by Crippen LogP contribution is 2.37. The third-order valence-corrected chi connectivity index (χ3v) is 6.41. The van der Waals surface area contributed by atoms with Crippen LogP contribution in [-0.4, -0.2) is 29.8 Å². The van der Waals surface area contributed by atoms with E-state index in [-0.39, 0.29) is 17.9 Å². The molecule has 29 heavy (non-hydrogen) atoms. The van der Waals surface area contributed by atoms with Gasteiger partial charge in [0.15, 0.2) is 0 Å². The standard InChI is InChI=1S/C24H24N2O2S/c1-17-7-5-6-10-19(17)24(28)25-14-11-22(27)26-15-12-21-20(13-16-29-21)23(26)18-8-3-2-4-9-18/h2-10,13,16,23H,11-12,14-15H2,1H3,(H,25,28). The molecule has 2 aromatic carbocycles. The number of hydrogen-bond donors (Lipinski definition) is 1. The summed E-state index contributed by atoms with van der Waals surface area (Å²) < 4.78 is 0. The zero-order valence-electron chi connectivity index (χ0n) is 16.4. The second-order valence-electron chi connectivity index (χ2n) is 7.27. The molecule has 1 atom stereocenters. The SMILES string of the molecule is Cc1ccccc1C(=O)NCCC(=O)N1CCc2sccc2C1c1ccccc1. The smallest absolute Gasteiger partial charge is 0.251 e. The fraction of sp³-hybridized carbons (Fsp3) is 0.250. The second-order valence-corrected chi connectivity index (χ2v) is 8.27. The van der Waals surface area contributed by atoms with Crippen molar-refractivity contribution in [2.75, 3.05) is 13.1 Å². The van der Waals surface area contributed by atoms with Gasteiger partial charge in [-0.15, -0.1) is 11.3 Å². The number of thiophene rings is 1. The van der Waals surface area contributed by atoms with Crippen molar-refractivity contribution in [3.8, 4) is 0 Å². The van der Waals surface area contributed by atoms with Crippen molar-refractivity contribution in [3.63, 3.8) is 0 Å². The number of carbonyl (C=O) groups excluding carboxylic acids is 2. The summed E-state index contributed by atoms with van der Waals surface area (Å²) in [6, 6.07) is 19.8. The molecule has 1 unspecified atom stereocenters. The lowest BCUT2D eigenvalue weighted by Crippen LogP contribution is -2.41. The van der Waals surface area contributed by atoms with Crippen molar-refractivity contribution >= 4 is 23.2 Å². The van der Waals surface area contributed by atoms with Gasteiger partial charge < -0.3 is 10.2 Å². The second kappa shape index (κ2) is 8.62. The Morgan fingerprint density at radius 1 is 1.07 bits per heavy atom. The van der Waals surface area contributed by atoms with Gasteiger partial charge in [0, 0.05) is 30.0 Å². The van der Waals surface area contributed by atoms with Crippen LogP contribution < -0.4 is 5.32 Å². The van der Waals surface area contributed by atoms with E-state index in [0.717, 1.165) is 17.5 Å². The number of benzene rings is 2. The zero-order chi connectivity index (χ0) is 20.2. The van der Waals surface area contributed by atoms with Gasteiger partial charge >= 0.3 is 0 Å². The van der Waals surface area contributed by atoms with Crippen LogP contribution in [0.5, 0.6) is 0 Å². The average Bonchev–Trinajstić information content (AvgIpc) is 3.22. The van der Waals surface area contributed by atoms with E-state index in [4.69, 9.17) is 0 Å². The predicted molar refractivity (Wildman–Crippen MR) is 116 cm³/mol. The van der Waals surface area contributed by atoms with E-state index < -0.39 is 0 Å². The van der Waals surface area contributed by atoms with Crippen molar-refractivity contribution in [2.45, 2.75) is 25.8 Å². The molecule has 0 bridgehead atoms. The Hall–Kier alpha value is -2.92. The third kappa shape index (κ3) is 4.10. The van der Waals surface area contributed by atoms with Gasteiger partial charge in [-0.05, 0) is 47.5 Å². The Balaban J connectivity index is 1.45. The molecule has 1 aliphatic rings. The highest BCUT2D eigenvalue weighted by Gasteiger charge is 2.32. The maximum Gasteiger partial charge on any atom is 0.251 e. The van der Waals surface area contributed by atoms with Gasteiger partial charge in [0.2, 0.25) is 5.91 Å². The van der Waals surface area contributed by atoms with Crippen molar-refractivity contribution in [3.05, 3.63) is 93.2 Å². The Kier molecular flexibility index (Phi) is 5.76. The minimum Gasteiger partial charge on any atom is -0.352 e. The fourth-order valence-corrected chi connectivity index (χ4v) is 4.83. The Morgan fingerprint density at radius 2 is 1.83 bits per heavy atom. The lowest BCUT2D eigenvalue weighted by Gasteiger charge is -2.36. The number of carbonyl (C=O) groups is 2. The Labute approximate surface area is 175 Å². The van der Waals surface area contributed by atoms with Crippen LogP contribution in [0.15, 0.2) is 66.0 Å². The first-order chi connectivity index (χ1) is 14.1. The molecule has 0 spiro atoms. The summed E-state index contributed by atoms with van der Waals surface area (Å²) >= 11 is 1.76. The molecule has 148 valence electrons. The molecule has 2 amide bonds. The normalized spacial score (nSPS) is 15.6. The summed E-state index contributed by atoms with van der Waals surface area (Å²) in [6.07, 6.45) is 1.18. The van der Waals surface area contributed by atoms with Gasteiger partial charge in [-0.25, -0.2) is 0 Å². The molecule has 4 nitrogen and oxygen atoms in total. The van der Waals surface area contributed by atoms with Crippen LogP contribution in [0.25, 0.3) is 0 Å². The first-order valence-electron chi connectivity index (χ1n) is 9.89. The van der Waals surface area contributed by atoms with E-state index in [1.54, 1.807) is 17.4 Å². The largest absolute Gasteiger partial charge is 0.352 e. The highest BCUT2D eigenvalue weighted by molar-refractivity contribution is 7.10. The Bertz CT molecular complexity index is 1010. The molecule has 1 aromatic heterocycles. The molecule has 0 aliphatic carbocycles. The number of nitrogens with zero attached hydrogens (tertiary/aromatic N) is 1.